The molecule has 0 bridgehead atoms. The number of rotatable bonds is 5. The van der Waals surface area contributed by atoms with Crippen molar-refractivity contribution in [2.75, 3.05) is 6.26 Å². The highest BCUT2D eigenvalue weighted by Crippen LogP contribution is 2.35. The van der Waals surface area contributed by atoms with Gasteiger partial charge in [-0.2, -0.15) is 0 Å². The number of nitrogens with zero attached hydrogens (tertiary/aromatic N) is 4. The molecule has 9 rings (SSSR count). The van der Waals surface area contributed by atoms with Gasteiger partial charge in [0.1, 0.15) is 0 Å². The summed E-state index contributed by atoms with van der Waals surface area (Å²) in [6.45, 7) is 0. The summed E-state index contributed by atoms with van der Waals surface area (Å²) in [5.74, 6) is 0. The Morgan fingerprint density at radius 2 is 0.739 bits per heavy atom. The zero-order valence-electron chi connectivity index (χ0n) is 25.1. The van der Waals surface area contributed by atoms with Crippen molar-refractivity contribution in [2.45, 2.75) is 5.16 Å². The molecule has 0 saturated heterocycles. The van der Waals surface area contributed by atoms with Crippen LogP contribution < -0.4 is 0 Å². The quantitative estimate of drug-likeness (QED) is 0.144. The molecule has 46 heavy (non-hydrogen) atoms. The highest BCUT2D eigenvalue weighted by molar-refractivity contribution is 7.98. The van der Waals surface area contributed by atoms with E-state index in [2.05, 4.69) is 161 Å². The maximum Gasteiger partial charge on any atom is 0.188 e. The third kappa shape index (κ3) is 4.24. The van der Waals surface area contributed by atoms with E-state index < -0.39 is 0 Å². The van der Waals surface area contributed by atoms with E-state index in [1.165, 1.54) is 43.6 Å². The van der Waals surface area contributed by atoms with Crippen molar-refractivity contribution in [1.82, 2.24) is 19.1 Å². The van der Waals surface area contributed by atoms with Crippen LogP contribution in [0.3, 0.4) is 0 Å². The monoisotopic (exact) mass is 608 g/mol. The molecule has 6 aromatic carbocycles. The zero-order valence-corrected chi connectivity index (χ0v) is 25.9. The topological polar surface area (TPSA) is 35.6 Å². The van der Waals surface area contributed by atoms with Crippen LogP contribution in [-0.4, -0.2) is 25.4 Å². The molecule has 0 atom stereocenters. The molecule has 9 aromatic rings. The van der Waals surface area contributed by atoms with Gasteiger partial charge in [-0.15, -0.1) is 0 Å². The predicted octanol–water partition coefficient (Wildman–Crippen LogP) is 10.7. The van der Waals surface area contributed by atoms with Gasteiger partial charge in [0.15, 0.2) is 5.16 Å². The molecule has 0 spiro atoms. The first kappa shape index (κ1) is 26.7. The van der Waals surface area contributed by atoms with Crippen LogP contribution in [0.5, 0.6) is 0 Å². The van der Waals surface area contributed by atoms with Gasteiger partial charge in [-0.25, -0.2) is 9.97 Å². The van der Waals surface area contributed by atoms with E-state index in [9.17, 15) is 0 Å². The van der Waals surface area contributed by atoms with Crippen molar-refractivity contribution in [3.05, 3.63) is 152 Å². The molecule has 0 unspecified atom stereocenters. The van der Waals surface area contributed by atoms with Gasteiger partial charge in [0, 0.05) is 44.0 Å². The van der Waals surface area contributed by atoms with E-state index in [4.69, 9.17) is 9.97 Å². The predicted molar refractivity (Wildman–Crippen MR) is 193 cm³/mol. The van der Waals surface area contributed by atoms with Crippen LogP contribution in [0.25, 0.3) is 77.5 Å². The number of para-hydroxylation sites is 4. The molecule has 0 aliphatic rings. The number of hydrogen-bond donors (Lipinski definition) is 0. The Hall–Kier alpha value is -5.65. The molecule has 3 heterocycles. The van der Waals surface area contributed by atoms with Crippen molar-refractivity contribution in [2.24, 2.45) is 0 Å². The van der Waals surface area contributed by atoms with Crippen LogP contribution in [0.2, 0.25) is 0 Å². The number of aromatic nitrogens is 4. The normalized spacial score (nSPS) is 11.7. The van der Waals surface area contributed by atoms with Gasteiger partial charge >= 0.3 is 0 Å². The van der Waals surface area contributed by atoms with Gasteiger partial charge in [-0.3, -0.25) is 0 Å². The van der Waals surface area contributed by atoms with Crippen LogP contribution in [0.4, 0.5) is 0 Å². The smallest absolute Gasteiger partial charge is 0.188 e. The Bertz CT molecular complexity index is 2280. The molecule has 0 fully saturated rings. The van der Waals surface area contributed by atoms with Gasteiger partial charge < -0.3 is 9.13 Å². The summed E-state index contributed by atoms with van der Waals surface area (Å²) in [5, 5.41) is 5.80. The number of thioether (sulfide) groups is 1. The Kier molecular flexibility index (Phi) is 6.25. The lowest BCUT2D eigenvalue weighted by atomic mass is 10.1. The van der Waals surface area contributed by atoms with Crippen LogP contribution in [0.15, 0.2) is 157 Å². The molecule has 0 aliphatic heterocycles. The molecule has 218 valence electrons. The Morgan fingerprint density at radius 1 is 0.413 bits per heavy atom. The van der Waals surface area contributed by atoms with Gasteiger partial charge in [-0.05, 0) is 60.9 Å². The molecular formula is C41H28N4S. The fourth-order valence-corrected chi connectivity index (χ4v) is 7.16. The van der Waals surface area contributed by atoms with Crippen LogP contribution in [0, 0.1) is 0 Å². The highest BCUT2D eigenvalue weighted by Gasteiger charge is 2.14. The Labute approximate surface area is 270 Å². The number of benzene rings is 6. The van der Waals surface area contributed by atoms with E-state index in [0.29, 0.717) is 0 Å². The standard InChI is InChI=1S/C41H28N4S/c1-46-41-42-35(27-18-22-29(23-19-27)44-37-14-6-2-10-31(37)32-11-3-7-15-38(32)44)26-36(43-41)28-20-24-30(25-21-28)45-39-16-8-4-12-33(39)34-13-5-9-17-40(34)45/h2-26H,1H3. The zero-order chi connectivity index (χ0) is 30.6. The SMILES string of the molecule is CSc1nc(-c2ccc(-n3c4ccccc4c4ccccc43)cc2)cc(-c2ccc(-n3c4ccccc4c4ccccc43)cc2)n1. The van der Waals surface area contributed by atoms with Crippen molar-refractivity contribution < 1.29 is 0 Å². The molecular weight excluding hydrogens is 581 g/mol. The molecule has 0 radical (unpaired) electrons. The molecule has 4 nitrogen and oxygen atoms in total. The summed E-state index contributed by atoms with van der Waals surface area (Å²) in [6, 6.07) is 53.9. The minimum atomic E-state index is 0.755. The molecule has 3 aromatic heterocycles. The Morgan fingerprint density at radius 3 is 1.07 bits per heavy atom. The second kappa shape index (κ2) is 10.8. The minimum Gasteiger partial charge on any atom is -0.309 e. The maximum absolute atomic E-state index is 4.91. The molecule has 5 heteroatoms. The van der Waals surface area contributed by atoms with Crippen LogP contribution in [0.1, 0.15) is 0 Å². The van der Waals surface area contributed by atoms with E-state index in [-0.39, 0.29) is 0 Å². The van der Waals surface area contributed by atoms with Crippen molar-refractivity contribution in [3.8, 4) is 33.9 Å². The third-order valence-corrected chi connectivity index (χ3v) is 9.44. The third-order valence-electron chi connectivity index (χ3n) is 8.89. The largest absolute Gasteiger partial charge is 0.309 e. The molecule has 0 amide bonds. The first-order valence-corrected chi connectivity index (χ1v) is 16.6. The minimum absolute atomic E-state index is 0.755. The summed E-state index contributed by atoms with van der Waals surface area (Å²) in [4.78, 5) is 9.81. The molecule has 0 aliphatic carbocycles. The van der Waals surface area contributed by atoms with Gasteiger partial charge in [-0.1, -0.05) is 109 Å². The van der Waals surface area contributed by atoms with Crippen molar-refractivity contribution in [3.63, 3.8) is 0 Å². The van der Waals surface area contributed by atoms with Crippen molar-refractivity contribution in [1.29, 1.82) is 0 Å². The summed E-state index contributed by atoms with van der Waals surface area (Å²) >= 11 is 1.56. The Balaban J connectivity index is 1.09. The van der Waals surface area contributed by atoms with Crippen molar-refractivity contribution >= 4 is 55.4 Å². The number of hydrogen-bond acceptors (Lipinski definition) is 3. The maximum atomic E-state index is 4.91. The van der Waals surface area contributed by atoms with E-state index in [0.717, 1.165) is 39.0 Å². The van der Waals surface area contributed by atoms with Crippen LogP contribution >= 0.6 is 11.8 Å². The average molecular weight is 609 g/mol. The first-order valence-electron chi connectivity index (χ1n) is 15.4. The summed E-state index contributed by atoms with van der Waals surface area (Å²) in [6.07, 6.45) is 2.03. The molecule has 0 saturated carbocycles. The summed E-state index contributed by atoms with van der Waals surface area (Å²) < 4.78 is 4.68. The lowest BCUT2D eigenvalue weighted by Crippen LogP contribution is -1.97. The van der Waals surface area contributed by atoms with Gasteiger partial charge in [0.25, 0.3) is 0 Å². The van der Waals surface area contributed by atoms with E-state index >= 15 is 0 Å². The fourth-order valence-electron chi connectivity index (χ4n) is 6.78. The second-order valence-electron chi connectivity index (χ2n) is 11.5. The molecule has 0 N–H and O–H groups in total. The number of fused-ring (bicyclic) bond motifs is 6. The van der Waals surface area contributed by atoms with E-state index in [1.54, 1.807) is 11.8 Å². The first-order chi connectivity index (χ1) is 22.8. The fraction of sp³-hybridized carbons (Fsp3) is 0.0244. The lowest BCUT2D eigenvalue weighted by Gasteiger charge is -2.11. The summed E-state index contributed by atoms with van der Waals surface area (Å²) in [5.41, 5.74) is 11.0. The lowest BCUT2D eigenvalue weighted by molar-refractivity contribution is 0.982. The average Bonchev–Trinajstić information content (AvgIpc) is 3.65. The summed E-state index contributed by atoms with van der Waals surface area (Å²) in [7, 11) is 0. The van der Waals surface area contributed by atoms with E-state index in [1.807, 2.05) is 6.26 Å². The van der Waals surface area contributed by atoms with Crippen LogP contribution in [-0.2, 0) is 0 Å². The highest BCUT2D eigenvalue weighted by atomic mass is 32.2. The van der Waals surface area contributed by atoms with Gasteiger partial charge in [0.05, 0.1) is 33.5 Å². The second-order valence-corrected chi connectivity index (χ2v) is 12.2. The van der Waals surface area contributed by atoms with Gasteiger partial charge in [0.2, 0.25) is 0 Å².